The molecule has 0 unspecified atom stereocenters. The van der Waals surface area contributed by atoms with Gasteiger partial charge in [0.2, 0.25) is 11.8 Å². The number of pyridine rings is 1. The van der Waals surface area contributed by atoms with Crippen molar-refractivity contribution in [2.24, 2.45) is 5.41 Å². The zero-order chi connectivity index (χ0) is 28.0. The lowest BCUT2D eigenvalue weighted by Crippen LogP contribution is -2.44. The number of benzene rings is 1. The number of Topliss-reactive ketones (excluding diaryl/α,β-unsaturated/α-hetero) is 1. The second-order valence-electron chi connectivity index (χ2n) is 10.6. The van der Waals surface area contributed by atoms with Crippen molar-refractivity contribution < 1.29 is 23.9 Å². The van der Waals surface area contributed by atoms with Gasteiger partial charge in [0.1, 0.15) is 28.7 Å². The number of ether oxygens (including phenoxy) is 2. The number of carbonyl (C=O) groups excluding carboxylic acids is 3. The van der Waals surface area contributed by atoms with Crippen LogP contribution in [0.25, 0.3) is 10.9 Å². The number of anilines is 1. The standard InChI is InChI=1S/C29H30BrN5O5/c1-17-8-9-23(30)31-27(17)32-28(38)21-12-29-13-22(29)35(21)24(37)14-34-26-19(15-39-10-3-4-11-40-16-29)6-5-7-20(26)25(33-34)18(2)36/h5-9,13,21H,3-4,10-12,14-16H2,1-2H3,(H,31,32,38)/t21-,29-/m0/s1. The minimum Gasteiger partial charge on any atom is -0.380 e. The van der Waals surface area contributed by atoms with Gasteiger partial charge in [-0.05, 0) is 59.8 Å². The number of hydrogen-bond acceptors (Lipinski definition) is 7. The van der Waals surface area contributed by atoms with Crippen molar-refractivity contribution in [2.45, 2.75) is 52.3 Å². The molecule has 1 N–H and O–H groups in total. The quantitative estimate of drug-likeness (QED) is 0.351. The summed E-state index contributed by atoms with van der Waals surface area (Å²) in [5.41, 5.74) is 3.02. The van der Waals surface area contributed by atoms with Crippen molar-refractivity contribution in [3.8, 4) is 0 Å². The molecule has 10 nitrogen and oxygen atoms in total. The van der Waals surface area contributed by atoms with Gasteiger partial charge in [-0.2, -0.15) is 5.10 Å². The molecule has 0 radical (unpaired) electrons. The van der Waals surface area contributed by atoms with E-state index >= 15 is 0 Å². The van der Waals surface area contributed by atoms with Gasteiger partial charge in [-0.3, -0.25) is 19.1 Å². The summed E-state index contributed by atoms with van der Waals surface area (Å²) < 4.78 is 14.1. The molecule has 3 aliphatic rings. The SMILES string of the molecule is CC(=O)c1nn2c3c(cccc13)COCCCCOC[C@]13C=C1N(C(=O)C2)[C@H](C(=O)Nc1nc(Br)ccc1C)C3. The van der Waals surface area contributed by atoms with Crippen LogP contribution in [0, 0.1) is 12.3 Å². The first-order chi connectivity index (χ1) is 19.3. The van der Waals surface area contributed by atoms with Gasteiger partial charge in [-0.1, -0.05) is 24.3 Å². The van der Waals surface area contributed by atoms with E-state index < -0.39 is 11.5 Å². The summed E-state index contributed by atoms with van der Waals surface area (Å²) in [4.78, 5) is 46.0. The van der Waals surface area contributed by atoms with Crippen LogP contribution in [0.3, 0.4) is 0 Å². The third-order valence-electron chi connectivity index (χ3n) is 7.76. The normalized spacial score (nSPS) is 23.1. The van der Waals surface area contributed by atoms with Crippen LogP contribution in [-0.4, -0.2) is 63.1 Å². The zero-order valence-corrected chi connectivity index (χ0v) is 24.0. The Balaban J connectivity index is 1.36. The van der Waals surface area contributed by atoms with Crippen molar-refractivity contribution in [2.75, 3.05) is 25.1 Å². The molecule has 1 aromatic carbocycles. The Morgan fingerprint density at radius 1 is 1.15 bits per heavy atom. The Morgan fingerprint density at radius 2 is 1.95 bits per heavy atom. The average molecular weight is 608 g/mol. The van der Waals surface area contributed by atoms with Crippen LogP contribution >= 0.6 is 15.9 Å². The Morgan fingerprint density at radius 3 is 2.75 bits per heavy atom. The van der Waals surface area contributed by atoms with E-state index in [0.717, 1.165) is 29.7 Å². The average Bonchev–Trinajstić information content (AvgIpc) is 3.32. The van der Waals surface area contributed by atoms with E-state index in [1.807, 2.05) is 43.3 Å². The van der Waals surface area contributed by atoms with E-state index in [2.05, 4.69) is 31.3 Å². The monoisotopic (exact) mass is 607 g/mol. The first kappa shape index (κ1) is 26.8. The fraction of sp³-hybridized carbons (Fsp3) is 0.414. The maximum absolute atomic E-state index is 14.0. The highest BCUT2D eigenvalue weighted by Crippen LogP contribution is 2.57. The maximum atomic E-state index is 14.0. The number of ketones is 1. The van der Waals surface area contributed by atoms with Crippen LogP contribution in [-0.2, 0) is 32.2 Å². The molecule has 2 bridgehead atoms. The van der Waals surface area contributed by atoms with Crippen LogP contribution < -0.4 is 5.32 Å². The minimum atomic E-state index is -0.733. The number of carbonyl (C=O) groups is 3. The fourth-order valence-electron chi connectivity index (χ4n) is 5.68. The van der Waals surface area contributed by atoms with Crippen LogP contribution in [0.2, 0.25) is 0 Å². The van der Waals surface area contributed by atoms with Crippen LogP contribution in [0.4, 0.5) is 5.82 Å². The van der Waals surface area contributed by atoms with E-state index in [4.69, 9.17) is 9.47 Å². The summed E-state index contributed by atoms with van der Waals surface area (Å²) in [7, 11) is 0. The molecule has 1 aliphatic carbocycles. The molecule has 3 aromatic rings. The minimum absolute atomic E-state index is 0.132. The maximum Gasteiger partial charge on any atom is 0.249 e. The van der Waals surface area contributed by atoms with Gasteiger partial charge in [0, 0.05) is 36.8 Å². The molecule has 0 spiro atoms. The predicted octanol–water partition coefficient (Wildman–Crippen LogP) is 4.16. The highest BCUT2D eigenvalue weighted by molar-refractivity contribution is 9.10. The van der Waals surface area contributed by atoms with Crippen LogP contribution in [0.5, 0.6) is 0 Å². The second kappa shape index (κ2) is 10.5. The molecule has 1 saturated heterocycles. The molecule has 2 amide bonds. The van der Waals surface area contributed by atoms with Crippen molar-refractivity contribution >= 4 is 50.2 Å². The largest absolute Gasteiger partial charge is 0.380 e. The summed E-state index contributed by atoms with van der Waals surface area (Å²) in [6, 6.07) is 8.58. The third-order valence-corrected chi connectivity index (χ3v) is 8.20. The van der Waals surface area contributed by atoms with Gasteiger partial charge in [-0.25, -0.2) is 4.98 Å². The molecule has 4 heterocycles. The third kappa shape index (κ3) is 4.86. The molecule has 2 aliphatic heterocycles. The lowest BCUT2D eigenvalue weighted by molar-refractivity contribution is -0.135. The number of nitrogens with zero attached hydrogens (tertiary/aromatic N) is 4. The number of halogens is 1. The van der Waals surface area contributed by atoms with Crippen molar-refractivity contribution in [3.05, 3.63) is 63.5 Å². The van der Waals surface area contributed by atoms with E-state index in [1.165, 1.54) is 6.92 Å². The summed E-state index contributed by atoms with van der Waals surface area (Å²) in [5, 5.41) is 8.16. The number of rotatable bonds is 3. The molecule has 0 saturated carbocycles. The molecule has 2 aromatic heterocycles. The Bertz CT molecular complexity index is 1570. The number of para-hydroxylation sites is 1. The summed E-state index contributed by atoms with van der Waals surface area (Å²) >= 11 is 3.36. The zero-order valence-electron chi connectivity index (χ0n) is 22.4. The lowest BCUT2D eigenvalue weighted by atomic mass is 9.98. The number of aryl methyl sites for hydroxylation is 1. The summed E-state index contributed by atoms with van der Waals surface area (Å²) in [6.07, 6.45) is 4.13. The van der Waals surface area contributed by atoms with E-state index in [1.54, 1.807) is 9.58 Å². The molecule has 208 valence electrons. The molecule has 2 atom stereocenters. The second-order valence-corrected chi connectivity index (χ2v) is 11.5. The van der Waals surface area contributed by atoms with Gasteiger partial charge in [0.25, 0.3) is 0 Å². The van der Waals surface area contributed by atoms with Gasteiger partial charge >= 0.3 is 0 Å². The van der Waals surface area contributed by atoms with Crippen LogP contribution in [0.1, 0.15) is 47.8 Å². The van der Waals surface area contributed by atoms with E-state index in [9.17, 15) is 14.4 Å². The topological polar surface area (TPSA) is 116 Å². The molecule has 1 fully saturated rings. The lowest BCUT2D eigenvalue weighted by Gasteiger charge is -2.24. The van der Waals surface area contributed by atoms with Crippen molar-refractivity contribution in [1.29, 1.82) is 0 Å². The number of hydrogen-bond donors (Lipinski definition) is 1. The highest BCUT2D eigenvalue weighted by atomic mass is 79.9. The van der Waals surface area contributed by atoms with E-state index in [0.29, 0.717) is 59.9 Å². The Kier molecular flexibility index (Phi) is 7.05. The van der Waals surface area contributed by atoms with Crippen LogP contribution in [0.15, 0.2) is 46.7 Å². The van der Waals surface area contributed by atoms with Crippen molar-refractivity contribution in [1.82, 2.24) is 19.7 Å². The highest BCUT2D eigenvalue weighted by Gasteiger charge is 2.60. The fourth-order valence-corrected chi connectivity index (χ4v) is 5.99. The number of aromatic nitrogens is 3. The summed E-state index contributed by atoms with van der Waals surface area (Å²) in [6.45, 7) is 5.08. The number of nitrogens with one attached hydrogen (secondary N) is 1. The van der Waals surface area contributed by atoms with Crippen molar-refractivity contribution in [3.63, 3.8) is 0 Å². The summed E-state index contributed by atoms with van der Waals surface area (Å²) in [5.74, 6) is -0.335. The van der Waals surface area contributed by atoms with Gasteiger partial charge < -0.3 is 19.7 Å². The molecule has 40 heavy (non-hydrogen) atoms. The van der Waals surface area contributed by atoms with E-state index in [-0.39, 0.29) is 24.1 Å². The van der Waals surface area contributed by atoms with Gasteiger partial charge in [-0.15, -0.1) is 0 Å². The van der Waals surface area contributed by atoms with Gasteiger partial charge in [0.05, 0.1) is 24.1 Å². The Labute approximate surface area is 239 Å². The van der Waals surface area contributed by atoms with Gasteiger partial charge in [0.15, 0.2) is 5.78 Å². The first-order valence-corrected chi connectivity index (χ1v) is 14.2. The molecular weight excluding hydrogens is 578 g/mol. The predicted molar refractivity (Wildman–Crippen MR) is 151 cm³/mol. The Hall–Kier alpha value is -3.41. The molecule has 11 heteroatoms. The first-order valence-electron chi connectivity index (χ1n) is 13.4. The number of amides is 2. The smallest absolute Gasteiger partial charge is 0.249 e. The molecule has 6 rings (SSSR count). The molecular formula is C29H30BrN5O5.